The fraction of sp³-hybridized carbons (Fsp3) is 0.214. The number of pyridine rings is 1. The molecule has 0 fully saturated rings. The molecule has 0 saturated heterocycles. The van der Waals surface area contributed by atoms with Gasteiger partial charge in [-0.2, -0.15) is 0 Å². The molecule has 0 saturated carbocycles. The standard InChI is InChI=1S/C14H13BrClFN2/c1-18-14(13-5-2-10(15)8-19-13)7-9-6-11(17)3-4-12(9)16/h2-6,8,14,18H,7H2,1H3. The van der Waals surface area contributed by atoms with Crippen LogP contribution < -0.4 is 5.32 Å². The van der Waals surface area contributed by atoms with Gasteiger partial charge in [0.05, 0.1) is 11.7 Å². The molecule has 1 aromatic heterocycles. The smallest absolute Gasteiger partial charge is 0.123 e. The number of nitrogens with one attached hydrogen (secondary N) is 1. The van der Waals surface area contributed by atoms with Crippen molar-refractivity contribution in [2.24, 2.45) is 0 Å². The lowest BCUT2D eigenvalue weighted by molar-refractivity contribution is 0.570. The Morgan fingerprint density at radius 1 is 1.37 bits per heavy atom. The van der Waals surface area contributed by atoms with Gasteiger partial charge in [-0.3, -0.25) is 4.98 Å². The van der Waals surface area contributed by atoms with E-state index >= 15 is 0 Å². The van der Waals surface area contributed by atoms with Crippen LogP contribution in [0.15, 0.2) is 41.0 Å². The van der Waals surface area contributed by atoms with Gasteiger partial charge in [-0.25, -0.2) is 4.39 Å². The topological polar surface area (TPSA) is 24.9 Å². The summed E-state index contributed by atoms with van der Waals surface area (Å²) in [6, 6.07) is 8.25. The highest BCUT2D eigenvalue weighted by atomic mass is 79.9. The van der Waals surface area contributed by atoms with Gasteiger partial charge < -0.3 is 5.32 Å². The summed E-state index contributed by atoms with van der Waals surface area (Å²) in [6.07, 6.45) is 2.33. The second-order valence-corrected chi connectivity index (χ2v) is 5.51. The SMILES string of the molecule is CNC(Cc1cc(F)ccc1Cl)c1ccc(Br)cn1. The molecule has 1 aromatic carbocycles. The Hall–Kier alpha value is -0.970. The largest absolute Gasteiger partial charge is 0.311 e. The number of aromatic nitrogens is 1. The third-order valence-corrected chi connectivity index (χ3v) is 3.73. The van der Waals surface area contributed by atoms with Crippen molar-refractivity contribution in [3.05, 3.63) is 63.1 Å². The van der Waals surface area contributed by atoms with Crippen LogP contribution in [0.1, 0.15) is 17.3 Å². The zero-order chi connectivity index (χ0) is 13.8. The van der Waals surface area contributed by atoms with E-state index in [2.05, 4.69) is 26.2 Å². The van der Waals surface area contributed by atoms with E-state index in [4.69, 9.17) is 11.6 Å². The Balaban J connectivity index is 2.23. The molecule has 0 spiro atoms. The monoisotopic (exact) mass is 342 g/mol. The minimum Gasteiger partial charge on any atom is -0.311 e. The highest BCUT2D eigenvalue weighted by Crippen LogP contribution is 2.24. The highest BCUT2D eigenvalue weighted by molar-refractivity contribution is 9.10. The predicted molar refractivity (Wildman–Crippen MR) is 78.9 cm³/mol. The van der Waals surface area contributed by atoms with E-state index in [0.717, 1.165) is 15.7 Å². The molecule has 1 heterocycles. The second kappa shape index (κ2) is 6.46. The van der Waals surface area contributed by atoms with Crippen molar-refractivity contribution in [3.8, 4) is 0 Å². The molecule has 1 atom stereocenters. The number of likely N-dealkylation sites (N-methyl/N-ethyl adjacent to an activating group) is 1. The lowest BCUT2D eigenvalue weighted by Crippen LogP contribution is -2.20. The van der Waals surface area contributed by atoms with E-state index in [0.29, 0.717) is 11.4 Å². The molecule has 19 heavy (non-hydrogen) atoms. The third kappa shape index (κ3) is 3.75. The maximum atomic E-state index is 13.3. The number of hydrogen-bond acceptors (Lipinski definition) is 2. The van der Waals surface area contributed by atoms with Gasteiger partial charge in [-0.05, 0) is 65.3 Å². The molecular weight excluding hydrogens is 331 g/mol. The first kappa shape index (κ1) is 14.4. The Labute approximate surface area is 125 Å². The molecule has 0 radical (unpaired) electrons. The molecule has 0 aliphatic heterocycles. The Kier molecular flexibility index (Phi) is 4.91. The van der Waals surface area contributed by atoms with Gasteiger partial charge in [0.1, 0.15) is 5.82 Å². The summed E-state index contributed by atoms with van der Waals surface area (Å²) in [5, 5.41) is 3.74. The molecule has 0 aliphatic carbocycles. The quantitative estimate of drug-likeness (QED) is 0.902. The van der Waals surface area contributed by atoms with E-state index in [1.165, 1.54) is 12.1 Å². The molecule has 100 valence electrons. The summed E-state index contributed by atoms with van der Waals surface area (Å²) in [5.41, 5.74) is 1.66. The fourth-order valence-corrected chi connectivity index (χ4v) is 2.30. The Bertz CT molecular complexity index is 560. The number of rotatable bonds is 4. The van der Waals surface area contributed by atoms with Crippen molar-refractivity contribution >= 4 is 27.5 Å². The average Bonchev–Trinajstić information content (AvgIpc) is 2.41. The van der Waals surface area contributed by atoms with Gasteiger partial charge in [0.2, 0.25) is 0 Å². The van der Waals surface area contributed by atoms with Crippen LogP contribution in [0.25, 0.3) is 0 Å². The first-order valence-corrected chi connectivity index (χ1v) is 7.00. The van der Waals surface area contributed by atoms with Crippen molar-refractivity contribution in [2.45, 2.75) is 12.5 Å². The maximum absolute atomic E-state index is 13.3. The number of hydrogen-bond donors (Lipinski definition) is 1. The summed E-state index contributed by atoms with van der Waals surface area (Å²) in [7, 11) is 1.85. The van der Waals surface area contributed by atoms with E-state index in [-0.39, 0.29) is 11.9 Å². The molecule has 0 bridgehead atoms. The molecule has 0 aliphatic rings. The van der Waals surface area contributed by atoms with Gasteiger partial charge in [-0.1, -0.05) is 11.6 Å². The normalized spacial score (nSPS) is 12.4. The molecule has 5 heteroatoms. The summed E-state index contributed by atoms with van der Waals surface area (Å²) in [5.74, 6) is -0.280. The minimum atomic E-state index is -0.280. The van der Waals surface area contributed by atoms with Gasteiger partial charge in [0.25, 0.3) is 0 Å². The number of benzene rings is 1. The third-order valence-electron chi connectivity index (χ3n) is 2.89. The molecule has 2 nitrogen and oxygen atoms in total. The first-order valence-electron chi connectivity index (χ1n) is 5.83. The highest BCUT2D eigenvalue weighted by Gasteiger charge is 2.14. The van der Waals surface area contributed by atoms with Gasteiger partial charge in [0, 0.05) is 15.7 Å². The van der Waals surface area contributed by atoms with Crippen molar-refractivity contribution < 1.29 is 4.39 Å². The van der Waals surface area contributed by atoms with Gasteiger partial charge >= 0.3 is 0 Å². The molecule has 1 N–H and O–H groups in total. The van der Waals surface area contributed by atoms with Gasteiger partial charge in [0.15, 0.2) is 0 Å². The summed E-state index contributed by atoms with van der Waals surface area (Å²) in [4.78, 5) is 4.35. The first-order chi connectivity index (χ1) is 9.10. The molecule has 2 rings (SSSR count). The van der Waals surface area contributed by atoms with Crippen molar-refractivity contribution in [1.82, 2.24) is 10.3 Å². The molecule has 0 amide bonds. The van der Waals surface area contributed by atoms with Crippen LogP contribution in [0.2, 0.25) is 5.02 Å². The Morgan fingerprint density at radius 2 is 2.16 bits per heavy atom. The summed E-state index contributed by atoms with van der Waals surface area (Å²) in [6.45, 7) is 0. The van der Waals surface area contributed by atoms with Gasteiger partial charge in [-0.15, -0.1) is 0 Å². The average molecular weight is 344 g/mol. The van der Waals surface area contributed by atoms with E-state index in [9.17, 15) is 4.39 Å². The number of halogens is 3. The van der Waals surface area contributed by atoms with Crippen LogP contribution in [-0.2, 0) is 6.42 Å². The minimum absolute atomic E-state index is 0.00704. The van der Waals surface area contributed by atoms with Crippen molar-refractivity contribution in [2.75, 3.05) is 7.05 Å². The van der Waals surface area contributed by atoms with Crippen LogP contribution in [-0.4, -0.2) is 12.0 Å². The lowest BCUT2D eigenvalue weighted by Gasteiger charge is -2.16. The van der Waals surface area contributed by atoms with Crippen LogP contribution in [0, 0.1) is 5.82 Å². The van der Waals surface area contributed by atoms with Crippen LogP contribution >= 0.6 is 27.5 Å². The van der Waals surface area contributed by atoms with Crippen LogP contribution in [0.3, 0.4) is 0 Å². The van der Waals surface area contributed by atoms with Crippen LogP contribution in [0.5, 0.6) is 0 Å². The second-order valence-electron chi connectivity index (χ2n) is 4.18. The summed E-state index contributed by atoms with van der Waals surface area (Å²) < 4.78 is 14.2. The van der Waals surface area contributed by atoms with E-state index in [1.54, 1.807) is 12.3 Å². The zero-order valence-electron chi connectivity index (χ0n) is 10.3. The predicted octanol–water partition coefficient (Wildman–Crippen LogP) is 4.14. The van der Waals surface area contributed by atoms with Crippen molar-refractivity contribution in [1.29, 1.82) is 0 Å². The Morgan fingerprint density at radius 3 is 2.79 bits per heavy atom. The zero-order valence-corrected chi connectivity index (χ0v) is 12.7. The van der Waals surface area contributed by atoms with E-state index in [1.807, 2.05) is 19.2 Å². The fourth-order valence-electron chi connectivity index (χ4n) is 1.87. The van der Waals surface area contributed by atoms with E-state index < -0.39 is 0 Å². The summed E-state index contributed by atoms with van der Waals surface area (Å²) >= 11 is 9.44. The molecule has 1 unspecified atom stereocenters. The van der Waals surface area contributed by atoms with Crippen molar-refractivity contribution in [3.63, 3.8) is 0 Å². The maximum Gasteiger partial charge on any atom is 0.123 e. The lowest BCUT2D eigenvalue weighted by atomic mass is 10.0. The van der Waals surface area contributed by atoms with Crippen LogP contribution in [0.4, 0.5) is 4.39 Å². The molecule has 2 aromatic rings. The molecular formula is C14H13BrClFN2. The number of nitrogens with zero attached hydrogens (tertiary/aromatic N) is 1.